The molecule has 3 aromatic rings. The van der Waals surface area contributed by atoms with Gasteiger partial charge in [0.1, 0.15) is 10.6 Å². The third kappa shape index (κ3) is 5.62. The molecule has 0 spiro atoms. The molecule has 0 atom stereocenters. The van der Waals surface area contributed by atoms with E-state index in [4.69, 9.17) is 10.5 Å². The van der Waals surface area contributed by atoms with E-state index in [2.05, 4.69) is 0 Å². The van der Waals surface area contributed by atoms with E-state index < -0.39 is 10.0 Å². The predicted molar refractivity (Wildman–Crippen MR) is 121 cm³/mol. The van der Waals surface area contributed by atoms with Crippen molar-refractivity contribution in [1.29, 1.82) is 0 Å². The summed E-state index contributed by atoms with van der Waals surface area (Å²) in [5.41, 5.74) is 8.20. The van der Waals surface area contributed by atoms with E-state index in [1.165, 1.54) is 10.4 Å². The van der Waals surface area contributed by atoms with Gasteiger partial charge in [-0.25, -0.2) is 8.42 Å². The lowest BCUT2D eigenvalue weighted by molar-refractivity contribution is 0.263. The van der Waals surface area contributed by atoms with Crippen molar-refractivity contribution in [3.05, 3.63) is 90.0 Å². The summed E-state index contributed by atoms with van der Waals surface area (Å²) in [6.07, 6.45) is 0. The molecule has 0 aromatic heterocycles. The first-order chi connectivity index (χ1) is 14.4. The van der Waals surface area contributed by atoms with Crippen LogP contribution in [0.5, 0.6) is 5.75 Å². The molecule has 0 aliphatic heterocycles. The Morgan fingerprint density at radius 3 is 1.90 bits per heavy atom. The van der Waals surface area contributed by atoms with Crippen molar-refractivity contribution in [3.63, 3.8) is 0 Å². The van der Waals surface area contributed by atoms with E-state index >= 15 is 0 Å². The van der Waals surface area contributed by atoms with Crippen LogP contribution in [0.4, 0.5) is 5.69 Å². The minimum absolute atomic E-state index is 0.129. The summed E-state index contributed by atoms with van der Waals surface area (Å²) in [6.45, 7) is 4.94. The lowest BCUT2D eigenvalue weighted by Gasteiger charge is -2.24. The highest BCUT2D eigenvalue weighted by atomic mass is 32.2. The largest absolute Gasteiger partial charge is 0.492 e. The van der Waals surface area contributed by atoms with Crippen LogP contribution in [0.2, 0.25) is 0 Å². The second-order valence-electron chi connectivity index (χ2n) is 7.66. The van der Waals surface area contributed by atoms with Crippen LogP contribution >= 0.6 is 0 Å². The number of nitrogen functional groups attached to an aromatic ring is 1. The fourth-order valence-electron chi connectivity index (χ4n) is 3.05. The van der Waals surface area contributed by atoms with Crippen molar-refractivity contribution in [1.82, 2.24) is 4.31 Å². The first kappa shape index (κ1) is 21.9. The van der Waals surface area contributed by atoms with Gasteiger partial charge in [-0.2, -0.15) is 4.31 Å². The maximum Gasteiger partial charge on any atom is 0.247 e. The Kier molecular flexibility index (Phi) is 7.13. The van der Waals surface area contributed by atoms with Gasteiger partial charge in [-0.15, -0.1) is 0 Å². The third-order valence-corrected chi connectivity index (χ3v) is 6.39. The Bertz CT molecular complexity index is 1010. The van der Waals surface area contributed by atoms with Gasteiger partial charge in [0.25, 0.3) is 0 Å². The molecule has 5 nitrogen and oxygen atoms in total. The van der Waals surface area contributed by atoms with E-state index in [9.17, 15) is 8.42 Å². The quantitative estimate of drug-likeness (QED) is 0.506. The zero-order valence-electron chi connectivity index (χ0n) is 17.4. The molecular formula is C24H28N2O3S. The third-order valence-electron chi connectivity index (χ3n) is 4.56. The van der Waals surface area contributed by atoms with E-state index in [1.54, 1.807) is 12.1 Å². The zero-order valence-corrected chi connectivity index (χ0v) is 18.2. The molecule has 158 valence electrons. The number of nitrogens with zero attached hydrogens (tertiary/aromatic N) is 1. The average Bonchev–Trinajstić information content (AvgIpc) is 2.73. The van der Waals surface area contributed by atoms with Gasteiger partial charge >= 0.3 is 0 Å². The van der Waals surface area contributed by atoms with Crippen molar-refractivity contribution >= 4 is 15.7 Å². The maximum absolute atomic E-state index is 13.7. The molecule has 6 heteroatoms. The van der Waals surface area contributed by atoms with Gasteiger partial charge in [0.15, 0.2) is 0 Å². The summed E-state index contributed by atoms with van der Waals surface area (Å²) in [4.78, 5) is 0.129. The Balaban J connectivity index is 2.01. The molecule has 3 rings (SSSR count). The molecule has 2 N–H and O–H groups in total. The minimum atomic E-state index is -3.84. The van der Waals surface area contributed by atoms with Crippen molar-refractivity contribution in [3.8, 4) is 5.75 Å². The van der Waals surface area contributed by atoms with Crippen LogP contribution in [0.3, 0.4) is 0 Å². The van der Waals surface area contributed by atoms with Crippen molar-refractivity contribution < 1.29 is 13.2 Å². The topological polar surface area (TPSA) is 72.6 Å². The van der Waals surface area contributed by atoms with E-state index in [0.717, 1.165) is 11.1 Å². The summed E-state index contributed by atoms with van der Waals surface area (Å²) in [6, 6.07) is 23.9. The van der Waals surface area contributed by atoms with E-state index in [-0.39, 0.29) is 29.7 Å². The standard InChI is InChI=1S/C24H28N2O3S/c1-19(2)18-29-23-15-22(25)13-14-24(23)30(27,28)26(16-20-9-5-3-6-10-20)17-21-11-7-4-8-12-21/h3-15,19H,16-18,25H2,1-2H3. The van der Waals surface area contributed by atoms with Gasteiger partial charge in [-0.05, 0) is 29.2 Å². The molecular weight excluding hydrogens is 396 g/mol. The van der Waals surface area contributed by atoms with E-state index in [0.29, 0.717) is 12.3 Å². The van der Waals surface area contributed by atoms with Gasteiger partial charge < -0.3 is 10.5 Å². The van der Waals surface area contributed by atoms with Crippen molar-refractivity contribution in [2.24, 2.45) is 5.92 Å². The normalized spacial score (nSPS) is 11.7. The summed E-state index contributed by atoms with van der Waals surface area (Å²) in [5.74, 6) is 0.543. The molecule has 0 amide bonds. The Labute approximate surface area is 179 Å². The second kappa shape index (κ2) is 9.78. The molecule has 3 aromatic carbocycles. The van der Waals surface area contributed by atoms with Crippen LogP contribution < -0.4 is 10.5 Å². The first-order valence-electron chi connectivity index (χ1n) is 9.96. The molecule has 0 saturated heterocycles. The number of rotatable bonds is 9. The summed E-state index contributed by atoms with van der Waals surface area (Å²) in [5, 5.41) is 0. The fraction of sp³-hybridized carbons (Fsp3) is 0.250. The van der Waals surface area contributed by atoms with Gasteiger partial charge in [-0.1, -0.05) is 74.5 Å². The lowest BCUT2D eigenvalue weighted by atomic mass is 10.2. The number of ether oxygens (including phenoxy) is 1. The molecule has 0 radical (unpaired) electrons. The Morgan fingerprint density at radius 2 is 1.40 bits per heavy atom. The van der Waals surface area contributed by atoms with Crippen LogP contribution in [0.1, 0.15) is 25.0 Å². The van der Waals surface area contributed by atoms with Gasteiger partial charge in [0.2, 0.25) is 10.0 Å². The van der Waals surface area contributed by atoms with Gasteiger partial charge in [0, 0.05) is 24.8 Å². The maximum atomic E-state index is 13.7. The van der Waals surface area contributed by atoms with Crippen LogP contribution in [0.25, 0.3) is 0 Å². The first-order valence-corrected chi connectivity index (χ1v) is 11.4. The van der Waals surface area contributed by atoms with Crippen molar-refractivity contribution in [2.75, 3.05) is 12.3 Å². The monoisotopic (exact) mass is 424 g/mol. The highest BCUT2D eigenvalue weighted by molar-refractivity contribution is 7.89. The number of nitrogens with two attached hydrogens (primary N) is 1. The second-order valence-corrected chi connectivity index (χ2v) is 9.56. The molecule has 0 aliphatic rings. The lowest BCUT2D eigenvalue weighted by Crippen LogP contribution is -2.30. The summed E-state index contributed by atoms with van der Waals surface area (Å²) < 4.78 is 34.8. The molecule has 0 unspecified atom stereocenters. The number of benzene rings is 3. The summed E-state index contributed by atoms with van der Waals surface area (Å²) >= 11 is 0. The van der Waals surface area contributed by atoms with Gasteiger partial charge in [0.05, 0.1) is 6.61 Å². The number of sulfonamides is 1. The Hall–Kier alpha value is -2.83. The molecule has 30 heavy (non-hydrogen) atoms. The minimum Gasteiger partial charge on any atom is -0.492 e. The molecule has 0 heterocycles. The smallest absolute Gasteiger partial charge is 0.247 e. The highest BCUT2D eigenvalue weighted by Crippen LogP contribution is 2.31. The molecule has 0 aliphatic carbocycles. The summed E-state index contributed by atoms with van der Waals surface area (Å²) in [7, 11) is -3.84. The van der Waals surface area contributed by atoms with Crippen LogP contribution in [-0.4, -0.2) is 19.3 Å². The highest BCUT2D eigenvalue weighted by Gasteiger charge is 2.28. The average molecular weight is 425 g/mol. The molecule has 0 saturated carbocycles. The van der Waals surface area contributed by atoms with Gasteiger partial charge in [-0.3, -0.25) is 0 Å². The number of hydrogen-bond donors (Lipinski definition) is 1. The van der Waals surface area contributed by atoms with Crippen molar-refractivity contribution in [2.45, 2.75) is 31.8 Å². The zero-order chi connectivity index (χ0) is 21.6. The van der Waals surface area contributed by atoms with E-state index in [1.807, 2.05) is 74.5 Å². The fourth-order valence-corrected chi connectivity index (χ4v) is 4.57. The van der Waals surface area contributed by atoms with Crippen LogP contribution in [-0.2, 0) is 23.1 Å². The number of anilines is 1. The molecule has 0 fully saturated rings. The molecule has 0 bridgehead atoms. The SMILES string of the molecule is CC(C)COc1cc(N)ccc1S(=O)(=O)N(Cc1ccccc1)Cc1ccccc1. The number of hydrogen-bond acceptors (Lipinski definition) is 4. The van der Waals surface area contributed by atoms with Crippen LogP contribution in [0.15, 0.2) is 83.8 Å². The predicted octanol–water partition coefficient (Wildman–Crippen LogP) is 4.69. The Morgan fingerprint density at radius 1 is 0.867 bits per heavy atom. The van der Waals surface area contributed by atoms with Crippen LogP contribution in [0, 0.1) is 5.92 Å².